The summed E-state index contributed by atoms with van der Waals surface area (Å²) < 4.78 is 5.89. The summed E-state index contributed by atoms with van der Waals surface area (Å²) in [5.74, 6) is 1.68. The van der Waals surface area contributed by atoms with Gasteiger partial charge in [0.05, 0.1) is 0 Å². The Kier molecular flexibility index (Phi) is 4.56. The van der Waals surface area contributed by atoms with Gasteiger partial charge >= 0.3 is 0 Å². The van der Waals surface area contributed by atoms with Crippen molar-refractivity contribution in [2.24, 2.45) is 0 Å². The number of para-hydroxylation sites is 1. The van der Waals surface area contributed by atoms with E-state index < -0.39 is 6.10 Å². The molecule has 1 fully saturated rings. The lowest BCUT2D eigenvalue weighted by molar-refractivity contribution is 0.0737. The minimum Gasteiger partial charge on any atom is -0.486 e. The van der Waals surface area contributed by atoms with E-state index in [0.29, 0.717) is 13.1 Å². The number of benzene rings is 1. The molecule has 22 heavy (non-hydrogen) atoms. The average Bonchev–Trinajstić information content (AvgIpc) is 2.88. The first-order chi connectivity index (χ1) is 10.8. The fourth-order valence-corrected chi connectivity index (χ4v) is 2.78. The van der Waals surface area contributed by atoms with E-state index in [2.05, 4.69) is 21.3 Å². The van der Waals surface area contributed by atoms with Crippen molar-refractivity contribution in [2.45, 2.75) is 18.8 Å². The lowest BCUT2D eigenvalue weighted by atomic mass is 10.2. The Morgan fingerprint density at radius 3 is 2.82 bits per heavy atom. The van der Waals surface area contributed by atoms with Crippen LogP contribution in [0.3, 0.4) is 0 Å². The van der Waals surface area contributed by atoms with Crippen LogP contribution in [0.15, 0.2) is 48.7 Å². The minimum absolute atomic E-state index is 0.197. The number of aliphatic hydroxyl groups is 1. The molecule has 0 amide bonds. The van der Waals surface area contributed by atoms with Crippen molar-refractivity contribution < 1.29 is 9.84 Å². The van der Waals surface area contributed by atoms with Gasteiger partial charge < -0.3 is 15.2 Å². The van der Waals surface area contributed by atoms with Crippen LogP contribution >= 0.6 is 0 Å². The van der Waals surface area contributed by atoms with Crippen LogP contribution in [0.5, 0.6) is 5.75 Å². The number of pyridine rings is 1. The van der Waals surface area contributed by atoms with E-state index in [-0.39, 0.29) is 6.10 Å². The molecule has 1 aromatic carbocycles. The zero-order valence-electron chi connectivity index (χ0n) is 12.6. The van der Waals surface area contributed by atoms with Crippen LogP contribution in [0.4, 0.5) is 5.82 Å². The topological polar surface area (TPSA) is 57.6 Å². The van der Waals surface area contributed by atoms with Gasteiger partial charge in [-0.25, -0.2) is 4.98 Å². The monoisotopic (exact) mass is 299 g/mol. The Hall–Kier alpha value is -2.11. The van der Waals surface area contributed by atoms with Crippen LogP contribution in [0.2, 0.25) is 0 Å². The number of aromatic nitrogens is 1. The maximum Gasteiger partial charge on any atom is 0.138 e. The van der Waals surface area contributed by atoms with E-state index in [9.17, 15) is 5.11 Å². The van der Waals surface area contributed by atoms with Gasteiger partial charge in [0, 0.05) is 38.4 Å². The van der Waals surface area contributed by atoms with Crippen molar-refractivity contribution in [3.05, 3.63) is 54.2 Å². The summed E-state index contributed by atoms with van der Waals surface area (Å²) >= 11 is 0. The van der Waals surface area contributed by atoms with E-state index in [1.807, 2.05) is 43.4 Å². The third-order valence-electron chi connectivity index (χ3n) is 3.87. The molecule has 0 aliphatic carbocycles. The van der Waals surface area contributed by atoms with E-state index >= 15 is 0 Å². The summed E-state index contributed by atoms with van der Waals surface area (Å²) in [4.78, 5) is 6.50. The molecule has 2 heterocycles. The Labute approximate surface area is 130 Å². The van der Waals surface area contributed by atoms with Gasteiger partial charge in [-0.1, -0.05) is 24.3 Å². The standard InChI is InChI=1S/C17H21N3O2/c1-18-17-13(6-5-9-19-17)10-20-11-15(21)16(12-20)22-14-7-3-2-4-8-14/h2-9,15-16,21H,10-12H2,1H3,(H,18,19)/t15-,16-/m1/s1. The van der Waals surface area contributed by atoms with Gasteiger partial charge in [-0.05, 0) is 18.2 Å². The van der Waals surface area contributed by atoms with Gasteiger partial charge in [0.2, 0.25) is 0 Å². The highest BCUT2D eigenvalue weighted by Gasteiger charge is 2.33. The molecule has 0 bridgehead atoms. The number of rotatable bonds is 5. The number of aliphatic hydroxyl groups excluding tert-OH is 1. The molecule has 2 aromatic rings. The normalized spacial score (nSPS) is 21.7. The Morgan fingerprint density at radius 2 is 2.05 bits per heavy atom. The van der Waals surface area contributed by atoms with E-state index in [0.717, 1.165) is 23.7 Å². The lowest BCUT2D eigenvalue weighted by Crippen LogP contribution is -2.29. The molecule has 2 N–H and O–H groups in total. The van der Waals surface area contributed by atoms with Crippen LogP contribution < -0.4 is 10.1 Å². The molecule has 5 heteroatoms. The average molecular weight is 299 g/mol. The Bertz CT molecular complexity index is 606. The van der Waals surface area contributed by atoms with E-state index in [1.54, 1.807) is 6.20 Å². The zero-order valence-corrected chi connectivity index (χ0v) is 12.6. The number of hydrogen-bond acceptors (Lipinski definition) is 5. The molecule has 2 atom stereocenters. The molecule has 1 aliphatic heterocycles. The smallest absolute Gasteiger partial charge is 0.138 e. The largest absolute Gasteiger partial charge is 0.486 e. The van der Waals surface area contributed by atoms with Crippen molar-refractivity contribution in [3.8, 4) is 5.75 Å². The fourth-order valence-electron chi connectivity index (χ4n) is 2.78. The predicted molar refractivity (Wildman–Crippen MR) is 85.9 cm³/mol. The summed E-state index contributed by atoms with van der Waals surface area (Å²) in [6, 6.07) is 13.6. The van der Waals surface area contributed by atoms with Crippen molar-refractivity contribution in [1.82, 2.24) is 9.88 Å². The maximum absolute atomic E-state index is 10.2. The quantitative estimate of drug-likeness (QED) is 0.881. The number of hydrogen-bond donors (Lipinski definition) is 2. The summed E-state index contributed by atoms with van der Waals surface area (Å²) in [5.41, 5.74) is 1.12. The highest BCUT2D eigenvalue weighted by Crippen LogP contribution is 2.21. The first kappa shape index (κ1) is 14.8. The first-order valence-electron chi connectivity index (χ1n) is 7.50. The number of nitrogens with zero attached hydrogens (tertiary/aromatic N) is 2. The summed E-state index contributed by atoms with van der Waals surface area (Å²) in [5, 5.41) is 13.3. The zero-order chi connectivity index (χ0) is 15.4. The molecule has 0 unspecified atom stereocenters. The fraction of sp³-hybridized carbons (Fsp3) is 0.353. The summed E-state index contributed by atoms with van der Waals surface area (Å²) in [7, 11) is 1.87. The van der Waals surface area contributed by atoms with Crippen LogP contribution in [0.25, 0.3) is 0 Å². The predicted octanol–water partition coefficient (Wildman–Crippen LogP) is 1.75. The molecule has 116 valence electrons. The molecule has 3 rings (SSSR count). The minimum atomic E-state index is -0.477. The van der Waals surface area contributed by atoms with Crippen molar-refractivity contribution in [2.75, 3.05) is 25.5 Å². The summed E-state index contributed by atoms with van der Waals surface area (Å²) in [6.45, 7) is 2.05. The second-order valence-electron chi connectivity index (χ2n) is 5.49. The Balaban J connectivity index is 1.63. The maximum atomic E-state index is 10.2. The first-order valence-corrected chi connectivity index (χ1v) is 7.50. The Morgan fingerprint density at radius 1 is 1.23 bits per heavy atom. The molecule has 0 spiro atoms. The van der Waals surface area contributed by atoms with Crippen molar-refractivity contribution in [1.29, 1.82) is 0 Å². The molecule has 5 nitrogen and oxygen atoms in total. The second kappa shape index (κ2) is 6.77. The van der Waals surface area contributed by atoms with Crippen LogP contribution in [-0.4, -0.2) is 47.3 Å². The highest BCUT2D eigenvalue weighted by atomic mass is 16.5. The van der Waals surface area contributed by atoms with Gasteiger partial charge in [0.25, 0.3) is 0 Å². The number of ether oxygens (including phenoxy) is 1. The van der Waals surface area contributed by atoms with Crippen molar-refractivity contribution in [3.63, 3.8) is 0 Å². The molecular formula is C17H21N3O2. The van der Waals surface area contributed by atoms with Crippen LogP contribution in [0, 0.1) is 0 Å². The second-order valence-corrected chi connectivity index (χ2v) is 5.49. The molecule has 1 aliphatic rings. The van der Waals surface area contributed by atoms with E-state index in [4.69, 9.17) is 4.74 Å². The third-order valence-corrected chi connectivity index (χ3v) is 3.87. The summed E-state index contributed by atoms with van der Waals surface area (Å²) in [6.07, 6.45) is 1.10. The lowest BCUT2D eigenvalue weighted by Gasteiger charge is -2.18. The van der Waals surface area contributed by atoms with Gasteiger partial charge in [-0.3, -0.25) is 4.90 Å². The van der Waals surface area contributed by atoms with Gasteiger partial charge in [-0.15, -0.1) is 0 Å². The number of nitrogens with one attached hydrogen (secondary N) is 1. The molecule has 0 radical (unpaired) electrons. The number of likely N-dealkylation sites (tertiary alicyclic amines) is 1. The van der Waals surface area contributed by atoms with Crippen LogP contribution in [0.1, 0.15) is 5.56 Å². The molecule has 0 saturated carbocycles. The molecule has 1 saturated heterocycles. The SMILES string of the molecule is CNc1ncccc1CN1C[C@@H](O)[C@H](Oc2ccccc2)C1. The van der Waals surface area contributed by atoms with Gasteiger partial charge in [0.15, 0.2) is 0 Å². The number of anilines is 1. The van der Waals surface area contributed by atoms with Crippen LogP contribution in [-0.2, 0) is 6.54 Å². The van der Waals surface area contributed by atoms with Gasteiger partial charge in [-0.2, -0.15) is 0 Å². The van der Waals surface area contributed by atoms with Gasteiger partial charge in [0.1, 0.15) is 23.8 Å². The van der Waals surface area contributed by atoms with E-state index in [1.165, 1.54) is 0 Å². The van der Waals surface area contributed by atoms with Crippen molar-refractivity contribution >= 4 is 5.82 Å². The highest BCUT2D eigenvalue weighted by molar-refractivity contribution is 5.42. The number of β-amino-alcohol motifs (C(OH)–C–C–N with tert-alkyl or cyclic N) is 1. The third kappa shape index (κ3) is 3.37. The molecule has 1 aromatic heterocycles. The molecular weight excluding hydrogens is 278 g/mol.